The van der Waals surface area contributed by atoms with Crippen molar-refractivity contribution in [1.29, 1.82) is 0 Å². The molecule has 0 fully saturated rings. The maximum Gasteiger partial charge on any atom is 0.248 e. The summed E-state index contributed by atoms with van der Waals surface area (Å²) in [6.07, 6.45) is 5.41. The molecule has 0 saturated carbocycles. The first-order valence-electron chi connectivity index (χ1n) is 3.76. The fourth-order valence-corrected chi connectivity index (χ4v) is 1.01. The highest BCUT2D eigenvalue weighted by Gasteiger charge is 1.83. The number of hydrogen-bond acceptors (Lipinski definition) is 1. The van der Waals surface area contributed by atoms with E-state index < -0.39 is 0 Å². The smallest absolute Gasteiger partial charge is 0.248 e. The van der Waals surface area contributed by atoms with E-state index in [1.807, 2.05) is 19.1 Å². The van der Waals surface area contributed by atoms with E-state index in [2.05, 4.69) is 11.6 Å². The fourth-order valence-electron chi connectivity index (χ4n) is 1.01. The summed E-state index contributed by atoms with van der Waals surface area (Å²) in [5, 5.41) is 1.81. The molecule has 0 aliphatic heterocycles. The van der Waals surface area contributed by atoms with Crippen LogP contribution in [0.2, 0.25) is 0 Å². The van der Waals surface area contributed by atoms with Gasteiger partial charge in [0.25, 0.3) is 0 Å². The van der Waals surface area contributed by atoms with Crippen LogP contribution in [0.25, 0.3) is 12.2 Å². The highest BCUT2D eigenvalue weighted by atomic mass is 16.1. The van der Waals surface area contributed by atoms with Crippen LogP contribution >= 0.6 is 0 Å². The molecule has 1 rings (SSSR count). The molecule has 0 aromatic carbocycles. The maximum absolute atomic E-state index is 10.9. The van der Waals surface area contributed by atoms with Crippen molar-refractivity contribution in [2.45, 2.75) is 6.92 Å². The number of aromatic nitrogens is 1. The molecule has 2 nitrogen and oxygen atoms in total. The second-order valence-electron chi connectivity index (χ2n) is 2.38. The Morgan fingerprint density at radius 1 is 1.50 bits per heavy atom. The predicted octanol–water partition coefficient (Wildman–Crippen LogP) is 0.142. The Morgan fingerprint density at radius 2 is 2.25 bits per heavy atom. The van der Waals surface area contributed by atoms with Gasteiger partial charge in [-0.2, -0.15) is 0 Å². The Morgan fingerprint density at radius 3 is 2.83 bits per heavy atom. The van der Waals surface area contributed by atoms with Gasteiger partial charge in [0, 0.05) is 11.4 Å². The highest BCUT2D eigenvalue weighted by molar-refractivity contribution is 5.36. The third kappa shape index (κ3) is 1.72. The average Bonchev–Trinajstić information content (AvgIpc) is 2.08. The summed E-state index contributed by atoms with van der Waals surface area (Å²) >= 11 is 0. The van der Waals surface area contributed by atoms with Crippen LogP contribution in [0.3, 0.4) is 0 Å². The van der Waals surface area contributed by atoms with Crippen molar-refractivity contribution >= 4 is 12.2 Å². The van der Waals surface area contributed by atoms with Crippen LogP contribution in [0.1, 0.15) is 6.92 Å². The van der Waals surface area contributed by atoms with Gasteiger partial charge in [-0.05, 0) is 18.2 Å². The summed E-state index contributed by atoms with van der Waals surface area (Å²) in [5.41, 5.74) is -0.0793. The van der Waals surface area contributed by atoms with Gasteiger partial charge >= 0.3 is 0 Å². The molecule has 1 aromatic rings. The second-order valence-corrected chi connectivity index (χ2v) is 2.38. The summed E-state index contributed by atoms with van der Waals surface area (Å²) in [7, 11) is 0. The van der Waals surface area contributed by atoms with E-state index in [-0.39, 0.29) is 5.56 Å². The Hall–Kier alpha value is -1.57. The molecule has 0 aliphatic carbocycles. The SMILES string of the molecule is C=C/C=c1/ccc(=O)[nH]/c1=C/C. The van der Waals surface area contributed by atoms with E-state index in [1.54, 1.807) is 12.1 Å². The Bertz CT molecular complexity index is 440. The molecule has 62 valence electrons. The lowest BCUT2D eigenvalue weighted by Gasteiger charge is -1.87. The Kier molecular flexibility index (Phi) is 2.64. The number of H-pyrrole nitrogens is 1. The summed E-state index contributed by atoms with van der Waals surface area (Å²) in [6.45, 7) is 5.47. The van der Waals surface area contributed by atoms with Gasteiger partial charge in [-0.15, -0.1) is 0 Å². The third-order valence-electron chi connectivity index (χ3n) is 1.57. The van der Waals surface area contributed by atoms with E-state index >= 15 is 0 Å². The van der Waals surface area contributed by atoms with Crippen LogP contribution in [0, 0.1) is 0 Å². The molecule has 0 amide bonds. The summed E-state index contributed by atoms with van der Waals surface area (Å²) in [6, 6.07) is 3.28. The van der Waals surface area contributed by atoms with Crippen LogP contribution in [0.15, 0.2) is 29.6 Å². The molecule has 0 atom stereocenters. The van der Waals surface area contributed by atoms with Crippen LogP contribution < -0.4 is 16.1 Å². The zero-order valence-electron chi connectivity index (χ0n) is 7.00. The van der Waals surface area contributed by atoms with Crippen molar-refractivity contribution in [1.82, 2.24) is 4.98 Å². The lowest BCUT2D eigenvalue weighted by Crippen LogP contribution is -2.32. The largest absolute Gasteiger partial charge is 0.322 e. The van der Waals surface area contributed by atoms with Gasteiger partial charge in [-0.25, -0.2) is 0 Å². The molecule has 0 aliphatic rings. The number of nitrogens with one attached hydrogen (secondary N) is 1. The van der Waals surface area contributed by atoms with E-state index in [4.69, 9.17) is 0 Å². The quantitative estimate of drug-likeness (QED) is 0.624. The van der Waals surface area contributed by atoms with Gasteiger partial charge in [0.15, 0.2) is 0 Å². The minimum atomic E-state index is -0.0793. The van der Waals surface area contributed by atoms with E-state index in [9.17, 15) is 4.79 Å². The molecule has 1 aromatic heterocycles. The Labute approximate surface area is 70.6 Å². The molecule has 2 heteroatoms. The molecular weight excluding hydrogens is 150 g/mol. The zero-order valence-corrected chi connectivity index (χ0v) is 7.00. The van der Waals surface area contributed by atoms with Crippen LogP contribution in [-0.2, 0) is 0 Å². The topological polar surface area (TPSA) is 32.9 Å². The standard InChI is InChI=1S/C10H11NO/c1-3-5-8-6-7-10(12)11-9(8)4-2/h3-7H,1H2,2H3,(H,11,12)/b8-5-,9-4+. The van der Waals surface area contributed by atoms with Gasteiger partial charge in [-0.1, -0.05) is 24.8 Å². The van der Waals surface area contributed by atoms with Crippen molar-refractivity contribution in [3.63, 3.8) is 0 Å². The van der Waals surface area contributed by atoms with E-state index in [0.717, 1.165) is 10.6 Å². The van der Waals surface area contributed by atoms with Gasteiger partial charge in [0.1, 0.15) is 0 Å². The number of rotatable bonds is 1. The predicted molar refractivity (Wildman–Crippen MR) is 51.1 cm³/mol. The fraction of sp³-hybridized carbons (Fsp3) is 0.100. The third-order valence-corrected chi connectivity index (χ3v) is 1.57. The van der Waals surface area contributed by atoms with Crippen LogP contribution in [-0.4, -0.2) is 4.98 Å². The number of aromatic amines is 1. The van der Waals surface area contributed by atoms with Crippen molar-refractivity contribution in [2.75, 3.05) is 0 Å². The zero-order chi connectivity index (χ0) is 8.97. The van der Waals surface area contributed by atoms with E-state index in [1.165, 1.54) is 6.07 Å². The Balaban J connectivity index is 3.63. The lowest BCUT2D eigenvalue weighted by atomic mass is 10.3. The highest BCUT2D eigenvalue weighted by Crippen LogP contribution is 1.64. The molecule has 1 N–H and O–H groups in total. The molecular formula is C10H11NO. The number of pyridine rings is 1. The summed E-state index contributed by atoms with van der Waals surface area (Å²) in [4.78, 5) is 13.6. The van der Waals surface area contributed by atoms with Gasteiger partial charge in [0.2, 0.25) is 5.56 Å². The molecule has 0 spiro atoms. The molecule has 0 saturated heterocycles. The van der Waals surface area contributed by atoms with Crippen molar-refractivity contribution < 1.29 is 0 Å². The van der Waals surface area contributed by atoms with Gasteiger partial charge < -0.3 is 4.98 Å². The van der Waals surface area contributed by atoms with Crippen LogP contribution in [0.4, 0.5) is 0 Å². The van der Waals surface area contributed by atoms with Gasteiger partial charge in [0.05, 0.1) is 0 Å². The van der Waals surface area contributed by atoms with Gasteiger partial charge in [-0.3, -0.25) is 4.79 Å². The lowest BCUT2D eigenvalue weighted by molar-refractivity contribution is 1.15. The summed E-state index contributed by atoms with van der Waals surface area (Å²) in [5.74, 6) is 0. The van der Waals surface area contributed by atoms with Crippen molar-refractivity contribution in [3.05, 3.63) is 45.7 Å². The molecule has 12 heavy (non-hydrogen) atoms. The molecule has 0 bridgehead atoms. The number of hydrogen-bond donors (Lipinski definition) is 1. The number of allylic oxidation sites excluding steroid dienone is 1. The minimum absolute atomic E-state index is 0.0793. The van der Waals surface area contributed by atoms with Crippen molar-refractivity contribution in [2.24, 2.45) is 0 Å². The summed E-state index contributed by atoms with van der Waals surface area (Å²) < 4.78 is 0. The first-order chi connectivity index (χ1) is 5.77. The monoisotopic (exact) mass is 161 g/mol. The molecule has 1 heterocycles. The first-order valence-corrected chi connectivity index (χ1v) is 3.76. The average molecular weight is 161 g/mol. The molecule has 0 radical (unpaired) electrons. The van der Waals surface area contributed by atoms with Crippen LogP contribution in [0.5, 0.6) is 0 Å². The van der Waals surface area contributed by atoms with E-state index in [0.29, 0.717) is 0 Å². The molecule has 0 unspecified atom stereocenters. The maximum atomic E-state index is 10.9. The first kappa shape index (κ1) is 8.53. The second kappa shape index (κ2) is 3.72. The normalized spacial score (nSPS) is 13.4. The minimum Gasteiger partial charge on any atom is -0.322 e. The van der Waals surface area contributed by atoms with Crippen molar-refractivity contribution in [3.8, 4) is 0 Å².